The van der Waals surface area contributed by atoms with Crippen molar-refractivity contribution >= 4 is 0 Å². The lowest BCUT2D eigenvalue weighted by molar-refractivity contribution is -0.227. The summed E-state index contributed by atoms with van der Waals surface area (Å²) in [4.78, 5) is 0. The first-order valence-electron chi connectivity index (χ1n) is 5.79. The Hall–Kier alpha value is -0.930. The molecule has 0 heterocycles. The normalized spacial score (nSPS) is 19.6. The molecule has 0 saturated heterocycles. The maximum Gasteiger partial charge on any atom is 0.165 e. The fourth-order valence-electron chi connectivity index (χ4n) is 2.08. The predicted octanol–water partition coefficient (Wildman–Crippen LogP) is 3.00. The standard InChI is InChI=1S/C13H17FO2/c14-12-7-3-2-6-11(12)10-16-13(15)8-4-1-5-9-13/h2-3,6-7,15H,1,4-5,8-10H2. The number of ether oxygens (including phenoxy) is 1. The topological polar surface area (TPSA) is 29.5 Å². The lowest BCUT2D eigenvalue weighted by Crippen LogP contribution is -2.34. The van der Waals surface area contributed by atoms with E-state index in [1.807, 2.05) is 0 Å². The van der Waals surface area contributed by atoms with Gasteiger partial charge in [-0.2, -0.15) is 0 Å². The minimum absolute atomic E-state index is 0.142. The van der Waals surface area contributed by atoms with E-state index in [4.69, 9.17) is 4.74 Å². The molecule has 2 rings (SSSR count). The molecule has 0 radical (unpaired) electrons. The van der Waals surface area contributed by atoms with Crippen LogP contribution < -0.4 is 0 Å². The molecule has 1 N–H and O–H groups in total. The number of halogens is 1. The Balaban J connectivity index is 1.94. The monoisotopic (exact) mass is 224 g/mol. The molecule has 0 spiro atoms. The third-order valence-corrected chi connectivity index (χ3v) is 3.09. The molecule has 1 aromatic rings. The van der Waals surface area contributed by atoms with E-state index in [0.717, 1.165) is 19.3 Å². The molecule has 0 bridgehead atoms. The molecule has 1 fully saturated rings. The van der Waals surface area contributed by atoms with Gasteiger partial charge in [0.2, 0.25) is 0 Å². The molecule has 0 amide bonds. The Bertz CT molecular complexity index is 346. The Morgan fingerprint density at radius 2 is 1.88 bits per heavy atom. The van der Waals surface area contributed by atoms with Crippen molar-refractivity contribution < 1.29 is 14.2 Å². The molecule has 0 atom stereocenters. The van der Waals surface area contributed by atoms with E-state index in [0.29, 0.717) is 18.4 Å². The number of hydrogen-bond acceptors (Lipinski definition) is 2. The van der Waals surface area contributed by atoms with E-state index in [-0.39, 0.29) is 12.4 Å². The molecule has 88 valence electrons. The van der Waals surface area contributed by atoms with E-state index in [1.54, 1.807) is 18.2 Å². The Kier molecular flexibility index (Phi) is 3.56. The SMILES string of the molecule is OC1(OCc2ccccc2F)CCCCC1. The lowest BCUT2D eigenvalue weighted by Gasteiger charge is -2.31. The van der Waals surface area contributed by atoms with Crippen LogP contribution in [0.15, 0.2) is 24.3 Å². The summed E-state index contributed by atoms with van der Waals surface area (Å²) in [6.45, 7) is 0.142. The third-order valence-electron chi connectivity index (χ3n) is 3.09. The quantitative estimate of drug-likeness (QED) is 0.800. The van der Waals surface area contributed by atoms with Gasteiger partial charge in [0.05, 0.1) is 6.61 Å². The summed E-state index contributed by atoms with van der Waals surface area (Å²) in [6, 6.07) is 6.51. The van der Waals surface area contributed by atoms with Gasteiger partial charge in [0.25, 0.3) is 0 Å². The number of benzene rings is 1. The van der Waals surface area contributed by atoms with Gasteiger partial charge in [0.15, 0.2) is 5.79 Å². The molecular weight excluding hydrogens is 207 g/mol. The maximum absolute atomic E-state index is 13.3. The van der Waals surface area contributed by atoms with Crippen LogP contribution in [0.2, 0.25) is 0 Å². The summed E-state index contributed by atoms with van der Waals surface area (Å²) in [7, 11) is 0. The van der Waals surface area contributed by atoms with E-state index in [2.05, 4.69) is 0 Å². The predicted molar refractivity (Wildman–Crippen MR) is 59.2 cm³/mol. The molecule has 0 aliphatic heterocycles. The van der Waals surface area contributed by atoms with Gasteiger partial charge in [-0.15, -0.1) is 0 Å². The van der Waals surface area contributed by atoms with Crippen LogP contribution in [0.5, 0.6) is 0 Å². The minimum Gasteiger partial charge on any atom is -0.365 e. The van der Waals surface area contributed by atoms with Crippen molar-refractivity contribution in [3.05, 3.63) is 35.6 Å². The summed E-state index contributed by atoms with van der Waals surface area (Å²) in [5.41, 5.74) is 0.501. The van der Waals surface area contributed by atoms with Crippen molar-refractivity contribution in [3.8, 4) is 0 Å². The van der Waals surface area contributed by atoms with Crippen LogP contribution in [0.4, 0.5) is 4.39 Å². The molecule has 1 aliphatic carbocycles. The second-order valence-electron chi connectivity index (χ2n) is 4.39. The van der Waals surface area contributed by atoms with Crippen molar-refractivity contribution in [2.45, 2.75) is 44.5 Å². The van der Waals surface area contributed by atoms with Gasteiger partial charge in [0, 0.05) is 18.4 Å². The highest BCUT2D eigenvalue weighted by molar-refractivity contribution is 5.16. The summed E-state index contributed by atoms with van der Waals surface area (Å²) in [5.74, 6) is -1.32. The van der Waals surface area contributed by atoms with Gasteiger partial charge in [0.1, 0.15) is 5.82 Å². The third kappa shape index (κ3) is 2.80. The van der Waals surface area contributed by atoms with Crippen molar-refractivity contribution in [1.82, 2.24) is 0 Å². The molecule has 1 aliphatic rings. The molecule has 0 aromatic heterocycles. The zero-order chi connectivity index (χ0) is 11.4. The van der Waals surface area contributed by atoms with Gasteiger partial charge in [-0.25, -0.2) is 4.39 Å². The highest BCUT2D eigenvalue weighted by Gasteiger charge is 2.30. The van der Waals surface area contributed by atoms with Crippen LogP contribution in [-0.2, 0) is 11.3 Å². The van der Waals surface area contributed by atoms with Gasteiger partial charge < -0.3 is 9.84 Å². The average molecular weight is 224 g/mol. The number of aliphatic hydroxyl groups is 1. The van der Waals surface area contributed by atoms with Gasteiger partial charge >= 0.3 is 0 Å². The van der Waals surface area contributed by atoms with Crippen LogP contribution in [0.25, 0.3) is 0 Å². The lowest BCUT2D eigenvalue weighted by atomic mass is 9.94. The van der Waals surface area contributed by atoms with Crippen LogP contribution >= 0.6 is 0 Å². The van der Waals surface area contributed by atoms with Gasteiger partial charge in [-0.1, -0.05) is 24.6 Å². The first kappa shape index (κ1) is 11.6. The van der Waals surface area contributed by atoms with E-state index < -0.39 is 5.79 Å². The largest absolute Gasteiger partial charge is 0.365 e. The Labute approximate surface area is 95.1 Å². The van der Waals surface area contributed by atoms with Crippen LogP contribution in [-0.4, -0.2) is 10.9 Å². The fraction of sp³-hybridized carbons (Fsp3) is 0.538. The Morgan fingerprint density at radius 1 is 1.19 bits per heavy atom. The van der Waals surface area contributed by atoms with E-state index >= 15 is 0 Å². The first-order valence-corrected chi connectivity index (χ1v) is 5.79. The van der Waals surface area contributed by atoms with Crippen molar-refractivity contribution in [3.63, 3.8) is 0 Å². The summed E-state index contributed by atoms with van der Waals surface area (Å²) < 4.78 is 18.8. The molecule has 3 heteroatoms. The minimum atomic E-state index is -1.04. The zero-order valence-electron chi connectivity index (χ0n) is 9.29. The molecule has 1 aromatic carbocycles. The van der Waals surface area contributed by atoms with Crippen LogP contribution in [0.1, 0.15) is 37.7 Å². The fourth-order valence-corrected chi connectivity index (χ4v) is 2.08. The molecule has 0 unspecified atom stereocenters. The van der Waals surface area contributed by atoms with Crippen molar-refractivity contribution in [2.24, 2.45) is 0 Å². The number of hydrogen-bond donors (Lipinski definition) is 1. The van der Waals surface area contributed by atoms with Gasteiger partial charge in [-0.3, -0.25) is 0 Å². The second kappa shape index (κ2) is 4.93. The Morgan fingerprint density at radius 3 is 2.56 bits per heavy atom. The van der Waals surface area contributed by atoms with Crippen LogP contribution in [0.3, 0.4) is 0 Å². The van der Waals surface area contributed by atoms with Crippen LogP contribution in [0, 0.1) is 5.82 Å². The smallest absolute Gasteiger partial charge is 0.165 e. The number of rotatable bonds is 3. The van der Waals surface area contributed by atoms with Gasteiger partial charge in [-0.05, 0) is 18.9 Å². The second-order valence-corrected chi connectivity index (χ2v) is 4.39. The first-order chi connectivity index (χ1) is 7.70. The summed E-state index contributed by atoms with van der Waals surface area (Å²) >= 11 is 0. The molecule has 2 nitrogen and oxygen atoms in total. The van der Waals surface area contributed by atoms with E-state index in [1.165, 1.54) is 6.07 Å². The van der Waals surface area contributed by atoms with E-state index in [9.17, 15) is 9.50 Å². The van der Waals surface area contributed by atoms with Crippen molar-refractivity contribution in [2.75, 3.05) is 0 Å². The maximum atomic E-state index is 13.3. The molecular formula is C13H17FO2. The average Bonchev–Trinajstić information content (AvgIpc) is 2.29. The highest BCUT2D eigenvalue weighted by Crippen LogP contribution is 2.30. The summed E-state index contributed by atoms with van der Waals surface area (Å²) in [5, 5.41) is 10.1. The summed E-state index contributed by atoms with van der Waals surface area (Å²) in [6.07, 6.45) is 4.41. The molecule has 16 heavy (non-hydrogen) atoms. The highest BCUT2D eigenvalue weighted by atomic mass is 19.1. The zero-order valence-corrected chi connectivity index (χ0v) is 9.29. The molecule has 1 saturated carbocycles. The van der Waals surface area contributed by atoms with Crippen molar-refractivity contribution in [1.29, 1.82) is 0 Å².